The zero-order chi connectivity index (χ0) is 17.0. The van der Waals surface area contributed by atoms with Crippen LogP contribution < -0.4 is 10.2 Å². The number of carbonyl (C=O) groups excluding carboxylic acids is 1. The van der Waals surface area contributed by atoms with Crippen molar-refractivity contribution in [3.05, 3.63) is 56.6 Å². The van der Waals surface area contributed by atoms with E-state index < -0.39 is 0 Å². The lowest BCUT2D eigenvalue weighted by Gasteiger charge is -2.38. The molecule has 1 aliphatic heterocycles. The van der Waals surface area contributed by atoms with Gasteiger partial charge in [-0.25, -0.2) is 0 Å². The van der Waals surface area contributed by atoms with E-state index in [1.54, 1.807) is 5.38 Å². The van der Waals surface area contributed by atoms with Crippen LogP contribution >= 0.6 is 11.3 Å². The molecule has 0 saturated carbocycles. The Bertz CT molecular complexity index is 730. The quantitative estimate of drug-likeness (QED) is 0.874. The molecule has 2 N–H and O–H groups in total. The van der Waals surface area contributed by atoms with E-state index in [2.05, 4.69) is 39.5 Å². The van der Waals surface area contributed by atoms with Gasteiger partial charge in [0.1, 0.15) is 0 Å². The van der Waals surface area contributed by atoms with Crippen molar-refractivity contribution in [2.75, 3.05) is 13.1 Å². The molecule has 0 aliphatic carbocycles. The molecule has 1 amide bonds. The molecule has 0 atom stereocenters. The maximum atomic E-state index is 12.5. The van der Waals surface area contributed by atoms with Gasteiger partial charge in [0.2, 0.25) is 5.91 Å². The fraction of sp³-hybridized carbons (Fsp3) is 0.444. The third kappa shape index (κ3) is 4.13. The summed E-state index contributed by atoms with van der Waals surface area (Å²) < 4.78 is 0. The average molecular weight is 345 g/mol. The summed E-state index contributed by atoms with van der Waals surface area (Å²) in [6.07, 6.45) is 1.71. The number of aromatic nitrogens is 1. The number of piperidine rings is 1. The molecule has 1 aromatic heterocycles. The first kappa shape index (κ1) is 16.9. The molecule has 24 heavy (non-hydrogen) atoms. The van der Waals surface area contributed by atoms with E-state index in [0.29, 0.717) is 6.54 Å². The standard InChI is InChI=1S/C18H23N3O2S/c1-18(16(22)19-11-15-13-24-17(23)20-15)7-9-21(10-8-18)12-14-5-3-2-4-6-14/h2-6,13H,7-12H2,1H3,(H,19,22)(H,20,23). The molecule has 1 fully saturated rings. The van der Waals surface area contributed by atoms with Gasteiger partial charge in [-0.2, -0.15) is 0 Å². The molecule has 128 valence electrons. The normalized spacial score (nSPS) is 17.5. The summed E-state index contributed by atoms with van der Waals surface area (Å²) in [6.45, 7) is 5.22. The number of carbonyl (C=O) groups is 1. The zero-order valence-electron chi connectivity index (χ0n) is 13.9. The van der Waals surface area contributed by atoms with E-state index in [1.165, 1.54) is 5.56 Å². The lowest BCUT2D eigenvalue weighted by atomic mass is 9.79. The molecule has 5 nitrogen and oxygen atoms in total. The Hall–Kier alpha value is -1.92. The number of thiazole rings is 1. The van der Waals surface area contributed by atoms with Crippen LogP contribution in [0.25, 0.3) is 0 Å². The van der Waals surface area contributed by atoms with Crippen LogP contribution in [0.5, 0.6) is 0 Å². The number of nitrogens with zero attached hydrogens (tertiary/aromatic N) is 1. The summed E-state index contributed by atoms with van der Waals surface area (Å²) >= 11 is 1.12. The van der Waals surface area contributed by atoms with Crippen molar-refractivity contribution in [3.63, 3.8) is 0 Å². The molecule has 6 heteroatoms. The second kappa shape index (κ2) is 7.32. The van der Waals surface area contributed by atoms with Crippen molar-refractivity contribution in [3.8, 4) is 0 Å². The van der Waals surface area contributed by atoms with E-state index in [1.807, 2.05) is 13.0 Å². The molecule has 0 spiro atoms. The summed E-state index contributed by atoms with van der Waals surface area (Å²) in [5.74, 6) is 0.0777. The third-order valence-electron chi connectivity index (χ3n) is 4.77. The minimum Gasteiger partial charge on any atom is -0.350 e. The first-order valence-electron chi connectivity index (χ1n) is 8.26. The zero-order valence-corrected chi connectivity index (χ0v) is 14.7. The number of likely N-dealkylation sites (tertiary alicyclic amines) is 1. The predicted molar refractivity (Wildman–Crippen MR) is 95.8 cm³/mol. The first-order valence-corrected chi connectivity index (χ1v) is 9.14. The van der Waals surface area contributed by atoms with Crippen LogP contribution in [0.4, 0.5) is 0 Å². The monoisotopic (exact) mass is 345 g/mol. The highest BCUT2D eigenvalue weighted by Gasteiger charge is 2.36. The minimum atomic E-state index is -0.330. The highest BCUT2D eigenvalue weighted by Crippen LogP contribution is 2.31. The Balaban J connectivity index is 1.50. The Morgan fingerprint density at radius 1 is 1.29 bits per heavy atom. The maximum Gasteiger partial charge on any atom is 0.304 e. The van der Waals surface area contributed by atoms with Crippen molar-refractivity contribution in [1.82, 2.24) is 15.2 Å². The van der Waals surface area contributed by atoms with Crippen LogP contribution in [-0.4, -0.2) is 28.9 Å². The van der Waals surface area contributed by atoms with Crippen LogP contribution in [0.3, 0.4) is 0 Å². The molecule has 1 aliphatic rings. The number of hydrogen-bond donors (Lipinski definition) is 2. The molecular formula is C18H23N3O2S. The van der Waals surface area contributed by atoms with Crippen LogP contribution in [0, 0.1) is 5.41 Å². The average Bonchev–Trinajstić information content (AvgIpc) is 3.01. The molecule has 3 rings (SSSR count). The Kier molecular flexibility index (Phi) is 5.16. The van der Waals surface area contributed by atoms with E-state index >= 15 is 0 Å². The highest BCUT2D eigenvalue weighted by molar-refractivity contribution is 7.07. The summed E-state index contributed by atoms with van der Waals surface area (Å²) in [7, 11) is 0. The van der Waals surface area contributed by atoms with Gasteiger partial charge in [0.15, 0.2) is 0 Å². The Morgan fingerprint density at radius 2 is 2.00 bits per heavy atom. The number of H-pyrrole nitrogens is 1. The van der Waals surface area contributed by atoms with E-state index in [9.17, 15) is 9.59 Å². The summed E-state index contributed by atoms with van der Waals surface area (Å²) in [4.78, 5) is 28.7. The van der Waals surface area contributed by atoms with Gasteiger partial charge < -0.3 is 10.3 Å². The third-order valence-corrected chi connectivity index (χ3v) is 5.49. The van der Waals surface area contributed by atoms with E-state index in [4.69, 9.17) is 0 Å². The predicted octanol–water partition coefficient (Wildman–Crippen LogP) is 2.35. The topological polar surface area (TPSA) is 65.2 Å². The highest BCUT2D eigenvalue weighted by atomic mass is 32.1. The smallest absolute Gasteiger partial charge is 0.304 e. The van der Waals surface area contributed by atoms with Crippen LogP contribution in [0.2, 0.25) is 0 Å². The summed E-state index contributed by atoms with van der Waals surface area (Å²) in [5.41, 5.74) is 1.75. The van der Waals surface area contributed by atoms with E-state index in [0.717, 1.165) is 49.5 Å². The maximum absolute atomic E-state index is 12.5. The van der Waals surface area contributed by atoms with Gasteiger partial charge in [-0.1, -0.05) is 48.6 Å². The van der Waals surface area contributed by atoms with E-state index in [-0.39, 0.29) is 16.2 Å². The molecule has 1 saturated heterocycles. The van der Waals surface area contributed by atoms with Gasteiger partial charge in [0.25, 0.3) is 0 Å². The van der Waals surface area contributed by atoms with Gasteiger partial charge in [-0.05, 0) is 31.5 Å². The van der Waals surface area contributed by atoms with Crippen LogP contribution in [0.15, 0.2) is 40.5 Å². The van der Waals surface area contributed by atoms with Gasteiger partial charge in [0, 0.05) is 23.0 Å². The molecule has 0 unspecified atom stereocenters. The van der Waals surface area contributed by atoms with Crippen molar-refractivity contribution < 1.29 is 4.79 Å². The second-order valence-corrected chi connectivity index (χ2v) is 7.52. The number of nitrogens with one attached hydrogen (secondary N) is 2. The van der Waals surface area contributed by atoms with Crippen LogP contribution in [-0.2, 0) is 17.9 Å². The molecule has 0 bridgehead atoms. The molecule has 0 radical (unpaired) electrons. The van der Waals surface area contributed by atoms with Crippen molar-refractivity contribution >= 4 is 17.2 Å². The largest absolute Gasteiger partial charge is 0.350 e. The lowest BCUT2D eigenvalue weighted by molar-refractivity contribution is -0.133. The molecule has 2 aromatic rings. The van der Waals surface area contributed by atoms with Gasteiger partial charge in [-0.3, -0.25) is 14.5 Å². The van der Waals surface area contributed by atoms with Crippen LogP contribution in [0.1, 0.15) is 31.0 Å². The number of hydrogen-bond acceptors (Lipinski definition) is 4. The van der Waals surface area contributed by atoms with Gasteiger partial charge in [-0.15, -0.1) is 0 Å². The Morgan fingerprint density at radius 3 is 2.62 bits per heavy atom. The lowest BCUT2D eigenvalue weighted by Crippen LogP contribution is -2.46. The SMILES string of the molecule is CC1(C(=O)NCc2csc(=O)[nH]2)CCN(Cc2ccccc2)CC1. The van der Waals surface area contributed by atoms with Crippen molar-refractivity contribution in [1.29, 1.82) is 0 Å². The summed E-state index contributed by atoms with van der Waals surface area (Å²) in [6, 6.07) is 10.4. The fourth-order valence-electron chi connectivity index (χ4n) is 3.06. The number of aromatic amines is 1. The molecule has 2 heterocycles. The Labute approximate surface area is 145 Å². The van der Waals surface area contributed by atoms with Crippen molar-refractivity contribution in [2.24, 2.45) is 5.41 Å². The molecule has 1 aromatic carbocycles. The fourth-order valence-corrected chi connectivity index (χ4v) is 3.64. The number of rotatable bonds is 5. The molecular weight excluding hydrogens is 322 g/mol. The minimum absolute atomic E-state index is 0.0777. The van der Waals surface area contributed by atoms with Crippen molar-refractivity contribution in [2.45, 2.75) is 32.9 Å². The van der Waals surface area contributed by atoms with Gasteiger partial charge >= 0.3 is 4.87 Å². The summed E-state index contributed by atoms with van der Waals surface area (Å²) in [5, 5.41) is 4.72. The number of amides is 1. The first-order chi connectivity index (χ1) is 11.5. The van der Waals surface area contributed by atoms with Gasteiger partial charge in [0.05, 0.1) is 6.54 Å². The number of benzene rings is 1. The second-order valence-electron chi connectivity index (χ2n) is 6.68.